The molecule has 0 radical (unpaired) electrons. The Labute approximate surface area is 75.2 Å². The molecule has 1 aromatic rings. The van der Waals surface area contributed by atoms with Gasteiger partial charge in [-0.25, -0.2) is 9.18 Å². The van der Waals surface area contributed by atoms with Gasteiger partial charge in [-0.3, -0.25) is 4.98 Å². The van der Waals surface area contributed by atoms with Crippen LogP contribution in [-0.2, 0) is 5.67 Å². The molecule has 70 valence electrons. The molecule has 1 heterocycles. The van der Waals surface area contributed by atoms with Gasteiger partial charge in [-0.1, -0.05) is 0 Å². The lowest BCUT2D eigenvalue weighted by Crippen LogP contribution is -2.15. The van der Waals surface area contributed by atoms with Crippen molar-refractivity contribution in [2.75, 3.05) is 0 Å². The van der Waals surface area contributed by atoms with Crippen molar-refractivity contribution in [2.24, 2.45) is 0 Å². The highest BCUT2D eigenvalue weighted by atomic mass is 19.1. The zero-order chi connectivity index (χ0) is 10.1. The molecule has 0 unspecified atom stereocenters. The normalized spacial score (nSPS) is 11.3. The standard InChI is InChI=1S/C9H10FNO2/c1-9(2,10)7-3-4-11-5-6(7)8(12)13/h3-5H,1-2H3,(H,12,13). The van der Waals surface area contributed by atoms with Crippen LogP contribution in [0.25, 0.3) is 0 Å². The molecule has 1 rings (SSSR count). The van der Waals surface area contributed by atoms with E-state index in [-0.39, 0.29) is 11.1 Å². The summed E-state index contributed by atoms with van der Waals surface area (Å²) in [6, 6.07) is 1.38. The van der Waals surface area contributed by atoms with Crippen LogP contribution < -0.4 is 0 Å². The molecule has 0 spiro atoms. The number of aromatic carboxylic acids is 1. The van der Waals surface area contributed by atoms with Crippen molar-refractivity contribution in [1.29, 1.82) is 0 Å². The van der Waals surface area contributed by atoms with Gasteiger partial charge in [-0.05, 0) is 19.9 Å². The van der Waals surface area contributed by atoms with Crippen LogP contribution in [0, 0.1) is 0 Å². The molecule has 0 amide bonds. The van der Waals surface area contributed by atoms with Gasteiger partial charge in [0.05, 0.1) is 5.56 Å². The van der Waals surface area contributed by atoms with Crippen LogP contribution in [-0.4, -0.2) is 16.1 Å². The highest BCUT2D eigenvalue weighted by Gasteiger charge is 2.24. The van der Waals surface area contributed by atoms with E-state index in [4.69, 9.17) is 5.11 Å². The van der Waals surface area contributed by atoms with E-state index < -0.39 is 11.6 Å². The second-order valence-electron chi connectivity index (χ2n) is 3.20. The van der Waals surface area contributed by atoms with Crippen molar-refractivity contribution >= 4 is 5.97 Å². The maximum Gasteiger partial charge on any atom is 0.337 e. The molecule has 3 nitrogen and oxygen atoms in total. The van der Waals surface area contributed by atoms with Crippen LogP contribution in [0.1, 0.15) is 29.8 Å². The average molecular weight is 183 g/mol. The Bertz CT molecular complexity index is 331. The zero-order valence-corrected chi connectivity index (χ0v) is 7.41. The molecule has 0 aliphatic rings. The number of carboxylic acids is 1. The monoisotopic (exact) mass is 183 g/mol. The van der Waals surface area contributed by atoms with Gasteiger partial charge in [0.1, 0.15) is 5.67 Å². The zero-order valence-electron chi connectivity index (χ0n) is 7.41. The van der Waals surface area contributed by atoms with E-state index >= 15 is 0 Å². The van der Waals surface area contributed by atoms with Crippen LogP contribution in [0.4, 0.5) is 4.39 Å². The molecular weight excluding hydrogens is 173 g/mol. The number of aromatic nitrogens is 1. The fourth-order valence-corrected chi connectivity index (χ4v) is 1.08. The van der Waals surface area contributed by atoms with Crippen LogP contribution in [0.5, 0.6) is 0 Å². The topological polar surface area (TPSA) is 50.2 Å². The van der Waals surface area contributed by atoms with Crippen LogP contribution in [0.15, 0.2) is 18.5 Å². The van der Waals surface area contributed by atoms with E-state index in [1.807, 2.05) is 0 Å². The van der Waals surface area contributed by atoms with Crippen LogP contribution in [0.3, 0.4) is 0 Å². The van der Waals surface area contributed by atoms with E-state index in [2.05, 4.69) is 4.98 Å². The highest BCUT2D eigenvalue weighted by molar-refractivity contribution is 5.89. The first-order chi connectivity index (χ1) is 5.93. The lowest BCUT2D eigenvalue weighted by atomic mass is 9.97. The van der Waals surface area contributed by atoms with Gasteiger partial charge in [0, 0.05) is 18.0 Å². The number of pyridine rings is 1. The van der Waals surface area contributed by atoms with E-state index in [9.17, 15) is 9.18 Å². The number of hydrogen-bond donors (Lipinski definition) is 1. The molecule has 0 aromatic carbocycles. The first kappa shape index (κ1) is 9.64. The number of carbonyl (C=O) groups is 1. The maximum atomic E-state index is 13.5. The Kier molecular flexibility index (Phi) is 2.32. The minimum Gasteiger partial charge on any atom is -0.478 e. The van der Waals surface area contributed by atoms with Gasteiger partial charge in [0.2, 0.25) is 0 Å². The van der Waals surface area contributed by atoms with Gasteiger partial charge in [-0.15, -0.1) is 0 Å². The third-order valence-corrected chi connectivity index (χ3v) is 1.69. The summed E-state index contributed by atoms with van der Waals surface area (Å²) < 4.78 is 13.5. The van der Waals surface area contributed by atoms with Gasteiger partial charge in [0.15, 0.2) is 0 Å². The Balaban J connectivity index is 3.28. The molecule has 0 bridgehead atoms. The summed E-state index contributed by atoms with van der Waals surface area (Å²) in [5, 5.41) is 8.72. The third kappa shape index (κ3) is 2.02. The lowest BCUT2D eigenvalue weighted by molar-refractivity contribution is 0.0688. The average Bonchev–Trinajstić information content (AvgIpc) is 2.03. The quantitative estimate of drug-likeness (QED) is 0.762. The predicted octanol–water partition coefficient (Wildman–Crippen LogP) is 1.98. The molecule has 0 aliphatic heterocycles. The number of rotatable bonds is 2. The maximum absolute atomic E-state index is 13.5. The molecule has 1 N–H and O–H groups in total. The Morgan fingerprint density at radius 2 is 2.23 bits per heavy atom. The van der Waals surface area contributed by atoms with Gasteiger partial charge in [0.25, 0.3) is 0 Å². The third-order valence-electron chi connectivity index (χ3n) is 1.69. The van der Waals surface area contributed by atoms with Crippen molar-refractivity contribution in [1.82, 2.24) is 4.98 Å². The summed E-state index contributed by atoms with van der Waals surface area (Å²) in [5.74, 6) is -1.16. The number of nitrogens with zero attached hydrogens (tertiary/aromatic N) is 1. The molecule has 1 aromatic heterocycles. The van der Waals surface area contributed by atoms with Crippen molar-refractivity contribution in [3.63, 3.8) is 0 Å². The minimum absolute atomic E-state index is 0.0880. The second kappa shape index (κ2) is 3.12. The van der Waals surface area contributed by atoms with Gasteiger partial charge >= 0.3 is 5.97 Å². The lowest BCUT2D eigenvalue weighted by Gasteiger charge is -2.16. The largest absolute Gasteiger partial charge is 0.478 e. The summed E-state index contributed by atoms with van der Waals surface area (Å²) in [7, 11) is 0. The van der Waals surface area contributed by atoms with Gasteiger partial charge in [-0.2, -0.15) is 0 Å². The molecule has 0 atom stereocenters. The molecule has 4 heteroatoms. The molecule has 0 saturated carbocycles. The van der Waals surface area contributed by atoms with E-state index in [0.29, 0.717) is 0 Å². The molecule has 0 aliphatic carbocycles. The number of alkyl halides is 1. The first-order valence-electron chi connectivity index (χ1n) is 3.79. The predicted molar refractivity (Wildman–Crippen MR) is 45.3 cm³/mol. The Hall–Kier alpha value is -1.45. The van der Waals surface area contributed by atoms with E-state index in [1.165, 1.54) is 26.1 Å². The fourth-order valence-electron chi connectivity index (χ4n) is 1.08. The molecule has 0 saturated heterocycles. The molecule has 13 heavy (non-hydrogen) atoms. The first-order valence-corrected chi connectivity index (χ1v) is 3.79. The Morgan fingerprint density at radius 1 is 1.62 bits per heavy atom. The van der Waals surface area contributed by atoms with Crippen molar-refractivity contribution in [3.05, 3.63) is 29.6 Å². The van der Waals surface area contributed by atoms with Crippen LogP contribution in [0.2, 0.25) is 0 Å². The minimum atomic E-state index is -1.66. The van der Waals surface area contributed by atoms with Crippen molar-refractivity contribution in [3.8, 4) is 0 Å². The SMILES string of the molecule is CC(C)(F)c1ccncc1C(=O)O. The molecular formula is C9H10FNO2. The summed E-state index contributed by atoms with van der Waals surface area (Å²) in [4.78, 5) is 14.3. The van der Waals surface area contributed by atoms with Crippen molar-refractivity contribution in [2.45, 2.75) is 19.5 Å². The highest BCUT2D eigenvalue weighted by Crippen LogP contribution is 2.26. The smallest absolute Gasteiger partial charge is 0.337 e. The van der Waals surface area contributed by atoms with Crippen LogP contribution >= 0.6 is 0 Å². The van der Waals surface area contributed by atoms with Crippen molar-refractivity contribution < 1.29 is 14.3 Å². The fraction of sp³-hybridized carbons (Fsp3) is 0.333. The van der Waals surface area contributed by atoms with E-state index in [0.717, 1.165) is 6.20 Å². The number of carboxylic acid groups (broad SMARTS) is 1. The second-order valence-corrected chi connectivity index (χ2v) is 3.20. The summed E-state index contributed by atoms with van der Waals surface area (Å²) in [6.45, 7) is 2.63. The van der Waals surface area contributed by atoms with Gasteiger partial charge < -0.3 is 5.11 Å². The molecule has 0 fully saturated rings. The summed E-state index contributed by atoms with van der Waals surface area (Å²) in [6.07, 6.45) is 2.53. The number of hydrogen-bond acceptors (Lipinski definition) is 2. The van der Waals surface area contributed by atoms with E-state index in [1.54, 1.807) is 0 Å². The summed E-state index contributed by atoms with van der Waals surface area (Å²) >= 11 is 0. The number of halogens is 1. The Morgan fingerprint density at radius 3 is 2.62 bits per heavy atom. The summed E-state index contributed by atoms with van der Waals surface area (Å²) in [5.41, 5.74) is -1.60.